The Bertz CT molecular complexity index is 480. The van der Waals surface area contributed by atoms with Gasteiger partial charge in [0.25, 0.3) is 0 Å². The number of hydrogen-bond acceptors (Lipinski definition) is 3. The summed E-state index contributed by atoms with van der Waals surface area (Å²) in [6, 6.07) is 8.27. The van der Waals surface area contributed by atoms with E-state index in [4.69, 9.17) is 0 Å². The topological polar surface area (TPSA) is 55.8 Å². The normalized spacial score (nSPS) is 17.4. The summed E-state index contributed by atoms with van der Waals surface area (Å²) in [4.78, 5) is 15.4. The van der Waals surface area contributed by atoms with Crippen LogP contribution >= 0.6 is 0 Å². The Morgan fingerprint density at radius 3 is 2.52 bits per heavy atom. The molecule has 1 saturated heterocycles. The molecule has 2 rings (SSSR count). The van der Waals surface area contributed by atoms with Crippen molar-refractivity contribution in [1.29, 1.82) is 0 Å². The molecule has 1 aliphatic rings. The van der Waals surface area contributed by atoms with Gasteiger partial charge in [-0.25, -0.2) is 4.79 Å². The van der Waals surface area contributed by atoms with Gasteiger partial charge in [-0.3, -0.25) is 0 Å². The molecule has 0 aromatic heterocycles. The van der Waals surface area contributed by atoms with Gasteiger partial charge >= 0.3 is 6.03 Å². The molecule has 1 unspecified atom stereocenters. The van der Waals surface area contributed by atoms with E-state index in [1.54, 1.807) is 25.9 Å². The van der Waals surface area contributed by atoms with Gasteiger partial charge in [0.05, 0.1) is 6.10 Å². The fraction of sp³-hybridized carbons (Fsp3) is 0.562. The van der Waals surface area contributed by atoms with Crippen molar-refractivity contribution in [2.45, 2.75) is 31.9 Å². The quantitative estimate of drug-likeness (QED) is 0.898. The first-order valence-corrected chi connectivity index (χ1v) is 7.48. The van der Waals surface area contributed by atoms with Gasteiger partial charge in [-0.1, -0.05) is 18.2 Å². The van der Waals surface area contributed by atoms with Crippen molar-refractivity contribution < 1.29 is 9.90 Å². The molecule has 116 valence electrons. The number of rotatable bonds is 3. The molecule has 5 heteroatoms. The van der Waals surface area contributed by atoms with Crippen LogP contribution in [0.1, 0.15) is 31.4 Å². The summed E-state index contributed by atoms with van der Waals surface area (Å²) in [5.41, 5.74) is 1.91. The summed E-state index contributed by atoms with van der Waals surface area (Å²) in [7, 11) is 3.57. The molecule has 2 amide bonds. The number of anilines is 1. The Labute approximate surface area is 126 Å². The van der Waals surface area contributed by atoms with E-state index in [0.717, 1.165) is 37.2 Å². The third-order valence-corrected chi connectivity index (χ3v) is 3.92. The van der Waals surface area contributed by atoms with E-state index in [0.29, 0.717) is 6.04 Å². The first-order chi connectivity index (χ1) is 9.99. The van der Waals surface area contributed by atoms with Crippen LogP contribution < -0.4 is 5.32 Å². The smallest absolute Gasteiger partial charge is 0.319 e. The summed E-state index contributed by atoms with van der Waals surface area (Å²) in [6.07, 6.45) is 1.37. The molecule has 1 heterocycles. The van der Waals surface area contributed by atoms with Gasteiger partial charge in [0, 0.05) is 44.5 Å². The van der Waals surface area contributed by atoms with Crippen LogP contribution in [0.5, 0.6) is 0 Å². The van der Waals surface area contributed by atoms with Crippen molar-refractivity contribution >= 4 is 11.7 Å². The highest BCUT2D eigenvalue weighted by Crippen LogP contribution is 2.25. The number of nitrogens with zero attached hydrogens (tertiary/aromatic N) is 2. The zero-order valence-electron chi connectivity index (χ0n) is 13.0. The van der Waals surface area contributed by atoms with Crippen molar-refractivity contribution in [3.63, 3.8) is 0 Å². The largest absolute Gasteiger partial charge is 0.389 e. The average Bonchev–Trinajstić information content (AvgIpc) is 2.47. The van der Waals surface area contributed by atoms with Crippen molar-refractivity contribution in [3.8, 4) is 0 Å². The molecule has 1 fully saturated rings. The lowest BCUT2D eigenvalue weighted by atomic mass is 10.0. The first kappa shape index (κ1) is 15.6. The monoisotopic (exact) mass is 291 g/mol. The summed E-state index contributed by atoms with van der Waals surface area (Å²) >= 11 is 0. The molecular formula is C16H25N3O2. The lowest BCUT2D eigenvalue weighted by Gasteiger charge is -2.34. The highest BCUT2D eigenvalue weighted by atomic mass is 16.3. The van der Waals surface area contributed by atoms with Crippen LogP contribution in [0, 0.1) is 0 Å². The second kappa shape index (κ2) is 6.80. The van der Waals surface area contributed by atoms with Crippen molar-refractivity contribution in [1.82, 2.24) is 9.80 Å². The molecule has 21 heavy (non-hydrogen) atoms. The molecule has 0 spiro atoms. The molecule has 0 radical (unpaired) electrons. The van der Waals surface area contributed by atoms with Crippen LogP contribution in [0.3, 0.4) is 0 Å². The first-order valence-electron chi connectivity index (χ1n) is 7.48. The number of likely N-dealkylation sites (tertiary alicyclic amines) is 1. The fourth-order valence-corrected chi connectivity index (χ4v) is 2.71. The molecule has 1 aliphatic heterocycles. The second-order valence-corrected chi connectivity index (χ2v) is 5.85. The molecule has 2 N–H and O–H groups in total. The maximum atomic E-state index is 11.9. The molecule has 1 aromatic carbocycles. The standard InChI is InChI=1S/C16H25N3O2/c1-12(20)14-6-4-5-7-15(14)17-13-8-10-19(11-9-13)16(21)18(2)3/h4-7,12-13,17,20H,8-11H2,1-3H3. The molecule has 5 nitrogen and oxygen atoms in total. The fourth-order valence-electron chi connectivity index (χ4n) is 2.71. The number of hydrogen-bond donors (Lipinski definition) is 2. The van der Waals surface area contributed by atoms with Gasteiger partial charge in [-0.15, -0.1) is 0 Å². The number of urea groups is 1. The van der Waals surface area contributed by atoms with Crippen LogP contribution in [-0.2, 0) is 0 Å². The Hall–Kier alpha value is -1.75. The summed E-state index contributed by atoms with van der Waals surface area (Å²) in [6.45, 7) is 3.32. The number of benzene rings is 1. The van der Waals surface area contributed by atoms with Crippen LogP contribution in [0.4, 0.5) is 10.5 Å². The van der Waals surface area contributed by atoms with E-state index in [1.165, 1.54) is 0 Å². The number of para-hydroxylation sites is 1. The maximum absolute atomic E-state index is 11.9. The molecule has 0 aliphatic carbocycles. The van der Waals surface area contributed by atoms with Gasteiger partial charge in [0.2, 0.25) is 0 Å². The van der Waals surface area contributed by atoms with Crippen molar-refractivity contribution in [2.24, 2.45) is 0 Å². The lowest BCUT2D eigenvalue weighted by molar-refractivity contribution is 0.158. The maximum Gasteiger partial charge on any atom is 0.319 e. The zero-order valence-corrected chi connectivity index (χ0v) is 13.0. The number of aliphatic hydroxyl groups excluding tert-OH is 1. The predicted molar refractivity (Wildman–Crippen MR) is 84.4 cm³/mol. The van der Waals surface area contributed by atoms with Crippen molar-refractivity contribution in [2.75, 3.05) is 32.5 Å². The number of carbonyl (C=O) groups is 1. The summed E-state index contributed by atoms with van der Waals surface area (Å²) < 4.78 is 0. The Balaban J connectivity index is 1.94. The van der Waals surface area contributed by atoms with E-state index in [-0.39, 0.29) is 6.03 Å². The van der Waals surface area contributed by atoms with Crippen molar-refractivity contribution in [3.05, 3.63) is 29.8 Å². The molecular weight excluding hydrogens is 266 g/mol. The van der Waals surface area contributed by atoms with Crippen LogP contribution in [0.2, 0.25) is 0 Å². The number of aliphatic hydroxyl groups is 1. The minimum absolute atomic E-state index is 0.0813. The number of amides is 2. The molecule has 0 bridgehead atoms. The summed E-state index contributed by atoms with van der Waals surface area (Å²) in [5, 5.41) is 13.3. The van der Waals surface area contributed by atoms with E-state index in [1.807, 2.05) is 29.2 Å². The molecule has 1 atom stereocenters. The van der Waals surface area contributed by atoms with Crippen LogP contribution in [0.25, 0.3) is 0 Å². The SMILES string of the molecule is CC(O)c1ccccc1NC1CCN(C(=O)N(C)C)CC1. The van der Waals surface area contributed by atoms with Gasteiger partial charge < -0.3 is 20.2 Å². The zero-order chi connectivity index (χ0) is 15.4. The highest BCUT2D eigenvalue weighted by molar-refractivity contribution is 5.73. The van der Waals surface area contributed by atoms with E-state index < -0.39 is 6.10 Å². The Morgan fingerprint density at radius 1 is 1.33 bits per heavy atom. The van der Waals surface area contributed by atoms with E-state index >= 15 is 0 Å². The van der Waals surface area contributed by atoms with Gasteiger partial charge in [-0.05, 0) is 25.8 Å². The number of piperidine rings is 1. The number of nitrogens with one attached hydrogen (secondary N) is 1. The second-order valence-electron chi connectivity index (χ2n) is 5.85. The minimum Gasteiger partial charge on any atom is -0.389 e. The Kier molecular flexibility index (Phi) is 5.07. The van der Waals surface area contributed by atoms with Crippen LogP contribution in [0.15, 0.2) is 24.3 Å². The summed E-state index contributed by atoms with van der Waals surface area (Å²) in [5.74, 6) is 0. The van der Waals surface area contributed by atoms with Crippen LogP contribution in [-0.4, -0.2) is 54.2 Å². The van der Waals surface area contributed by atoms with E-state index in [2.05, 4.69) is 5.32 Å². The van der Waals surface area contributed by atoms with Gasteiger partial charge in [0.15, 0.2) is 0 Å². The third-order valence-electron chi connectivity index (χ3n) is 3.92. The highest BCUT2D eigenvalue weighted by Gasteiger charge is 2.24. The van der Waals surface area contributed by atoms with Gasteiger partial charge in [-0.2, -0.15) is 0 Å². The van der Waals surface area contributed by atoms with E-state index in [9.17, 15) is 9.90 Å². The Morgan fingerprint density at radius 2 is 1.95 bits per heavy atom. The third kappa shape index (κ3) is 3.88. The molecule has 0 saturated carbocycles. The minimum atomic E-state index is -0.482. The average molecular weight is 291 g/mol. The lowest BCUT2D eigenvalue weighted by Crippen LogP contribution is -2.46. The molecule has 1 aromatic rings. The predicted octanol–water partition coefficient (Wildman–Crippen LogP) is 2.30. The van der Waals surface area contributed by atoms with Gasteiger partial charge in [0.1, 0.15) is 0 Å². The number of carbonyl (C=O) groups excluding carboxylic acids is 1.